The lowest BCUT2D eigenvalue weighted by Crippen LogP contribution is -2.00. The molecule has 0 aliphatic rings. The topological polar surface area (TPSA) is 51.6 Å². The van der Waals surface area contributed by atoms with E-state index in [1.165, 1.54) is 0 Å². The van der Waals surface area contributed by atoms with Crippen molar-refractivity contribution < 1.29 is 0 Å². The molecule has 0 bridgehead atoms. The number of benzene rings is 6. The molecule has 226 valence electrons. The number of nitrogens with zero attached hydrogens (tertiary/aromatic N) is 4. The van der Waals surface area contributed by atoms with Crippen molar-refractivity contribution in [1.29, 1.82) is 0 Å². The van der Waals surface area contributed by atoms with Crippen LogP contribution in [-0.2, 0) is 0 Å². The molecular weight excluding hydrogens is 585 g/mol. The monoisotopic (exact) mass is 614 g/mol. The molecule has 2 aromatic heterocycles. The van der Waals surface area contributed by atoms with Gasteiger partial charge in [-0.3, -0.25) is 4.98 Å². The molecule has 2 heterocycles. The van der Waals surface area contributed by atoms with E-state index >= 15 is 0 Å². The highest BCUT2D eigenvalue weighted by atomic mass is 15.0. The molecule has 0 aliphatic carbocycles. The third kappa shape index (κ3) is 5.36. The molecule has 0 saturated carbocycles. The summed E-state index contributed by atoms with van der Waals surface area (Å²) in [6.45, 7) is 8.25. The van der Waals surface area contributed by atoms with E-state index < -0.39 is 0 Å². The molecule has 0 atom stereocenters. The fourth-order valence-corrected chi connectivity index (χ4v) is 6.33. The fourth-order valence-electron chi connectivity index (χ4n) is 6.33. The standard InChI is InChI=1S/C44H30N4/c1-3-29-28-40(39-20-12-11-19-38(39)37(29)4-2)35-25-34(32-21-22-41-33(24-32)18-13-23-45-41)26-36(27-35)44-47-42(30-14-7-5-8-15-30)46-43(48-44)31-16-9-6-10-17-31/h3-28H,1-2H2. The number of hydrogen-bond donors (Lipinski definition) is 0. The molecule has 0 spiro atoms. The number of rotatable bonds is 7. The molecule has 0 saturated heterocycles. The molecule has 6 aromatic carbocycles. The zero-order chi connectivity index (χ0) is 32.5. The van der Waals surface area contributed by atoms with Crippen LogP contribution in [0.3, 0.4) is 0 Å². The summed E-state index contributed by atoms with van der Waals surface area (Å²) in [5.41, 5.74) is 10.1. The minimum atomic E-state index is 0.601. The zero-order valence-corrected chi connectivity index (χ0v) is 26.2. The molecule has 0 radical (unpaired) electrons. The Hall–Kier alpha value is -6.52. The Kier molecular flexibility index (Phi) is 7.44. The first kappa shape index (κ1) is 28.9. The molecule has 48 heavy (non-hydrogen) atoms. The summed E-state index contributed by atoms with van der Waals surface area (Å²) in [5, 5.41) is 3.34. The van der Waals surface area contributed by atoms with Crippen molar-refractivity contribution in [2.75, 3.05) is 0 Å². The van der Waals surface area contributed by atoms with Crippen LogP contribution in [0.2, 0.25) is 0 Å². The first-order chi connectivity index (χ1) is 23.7. The number of aromatic nitrogens is 4. The fraction of sp³-hybridized carbons (Fsp3) is 0. The minimum Gasteiger partial charge on any atom is -0.256 e. The molecule has 0 N–H and O–H groups in total. The number of hydrogen-bond acceptors (Lipinski definition) is 4. The third-order valence-corrected chi connectivity index (χ3v) is 8.68. The van der Waals surface area contributed by atoms with E-state index in [4.69, 9.17) is 15.0 Å². The van der Waals surface area contributed by atoms with Crippen LogP contribution in [0, 0.1) is 0 Å². The Balaban J connectivity index is 1.42. The SMILES string of the molecule is C=Cc1cc(-c2cc(-c3ccc4ncccc4c3)cc(-c3nc(-c4ccccc4)nc(-c4ccccc4)n3)c2)c2ccccc2c1C=C. The van der Waals surface area contributed by atoms with Crippen LogP contribution >= 0.6 is 0 Å². The highest BCUT2D eigenvalue weighted by molar-refractivity contribution is 6.04. The van der Waals surface area contributed by atoms with E-state index in [0.29, 0.717) is 17.5 Å². The lowest BCUT2D eigenvalue weighted by molar-refractivity contribution is 1.07. The Morgan fingerprint density at radius 3 is 1.71 bits per heavy atom. The van der Waals surface area contributed by atoms with Crippen molar-refractivity contribution in [3.8, 4) is 56.4 Å². The van der Waals surface area contributed by atoms with Crippen molar-refractivity contribution >= 4 is 33.8 Å². The predicted molar refractivity (Wildman–Crippen MR) is 200 cm³/mol. The van der Waals surface area contributed by atoms with Gasteiger partial charge in [-0.25, -0.2) is 15.0 Å². The average molecular weight is 615 g/mol. The minimum absolute atomic E-state index is 0.601. The van der Waals surface area contributed by atoms with Crippen LogP contribution < -0.4 is 0 Å². The Morgan fingerprint density at radius 2 is 1.04 bits per heavy atom. The summed E-state index contributed by atoms with van der Waals surface area (Å²) < 4.78 is 0. The Morgan fingerprint density at radius 1 is 0.438 bits per heavy atom. The van der Waals surface area contributed by atoms with Gasteiger partial charge in [0.25, 0.3) is 0 Å². The van der Waals surface area contributed by atoms with E-state index in [1.807, 2.05) is 85.1 Å². The van der Waals surface area contributed by atoms with E-state index in [2.05, 4.69) is 90.9 Å². The molecule has 4 nitrogen and oxygen atoms in total. The normalized spacial score (nSPS) is 11.1. The van der Waals surface area contributed by atoms with E-state index in [0.717, 1.165) is 71.7 Å². The summed E-state index contributed by atoms with van der Waals surface area (Å²) in [4.78, 5) is 19.6. The van der Waals surface area contributed by atoms with E-state index in [9.17, 15) is 0 Å². The van der Waals surface area contributed by atoms with Gasteiger partial charge in [-0.15, -0.1) is 0 Å². The zero-order valence-electron chi connectivity index (χ0n) is 26.2. The molecule has 4 heteroatoms. The second kappa shape index (κ2) is 12.3. The second-order valence-electron chi connectivity index (χ2n) is 11.6. The van der Waals surface area contributed by atoms with Crippen LogP contribution in [0.4, 0.5) is 0 Å². The van der Waals surface area contributed by atoms with Crippen LogP contribution in [0.5, 0.6) is 0 Å². The van der Waals surface area contributed by atoms with Gasteiger partial charge in [0.2, 0.25) is 0 Å². The van der Waals surface area contributed by atoms with Crippen LogP contribution in [0.1, 0.15) is 11.1 Å². The largest absolute Gasteiger partial charge is 0.256 e. The Bertz CT molecular complexity index is 2430. The first-order valence-corrected chi connectivity index (χ1v) is 15.9. The molecule has 8 rings (SSSR count). The summed E-state index contributed by atoms with van der Waals surface area (Å²) in [6.07, 6.45) is 5.64. The van der Waals surface area contributed by atoms with Gasteiger partial charge in [0, 0.05) is 28.3 Å². The summed E-state index contributed by atoms with van der Waals surface area (Å²) in [6, 6.07) is 47.9. The molecule has 0 amide bonds. The Labute approximate surface area is 279 Å². The van der Waals surface area contributed by atoms with Crippen molar-refractivity contribution in [2.24, 2.45) is 0 Å². The molecule has 0 aliphatic heterocycles. The van der Waals surface area contributed by atoms with E-state index in [-0.39, 0.29) is 0 Å². The maximum absolute atomic E-state index is 5.08. The van der Waals surface area contributed by atoms with Gasteiger partial charge in [0.05, 0.1) is 5.52 Å². The predicted octanol–water partition coefficient (Wildman–Crippen LogP) is 11.2. The highest BCUT2D eigenvalue weighted by Gasteiger charge is 2.17. The molecular formula is C44H30N4. The first-order valence-electron chi connectivity index (χ1n) is 15.9. The van der Waals surface area contributed by atoms with Crippen LogP contribution in [0.25, 0.3) is 90.2 Å². The van der Waals surface area contributed by atoms with Gasteiger partial charge in [-0.05, 0) is 86.6 Å². The summed E-state index contributed by atoms with van der Waals surface area (Å²) in [5.74, 6) is 1.85. The van der Waals surface area contributed by atoms with Gasteiger partial charge in [-0.2, -0.15) is 0 Å². The lowest BCUT2D eigenvalue weighted by atomic mass is 9.89. The molecule has 0 unspecified atom stereocenters. The molecule has 0 fully saturated rings. The number of fused-ring (bicyclic) bond motifs is 2. The maximum Gasteiger partial charge on any atom is 0.164 e. The van der Waals surface area contributed by atoms with Crippen molar-refractivity contribution in [3.05, 3.63) is 170 Å². The third-order valence-electron chi connectivity index (χ3n) is 8.68. The smallest absolute Gasteiger partial charge is 0.164 e. The number of pyridine rings is 1. The second-order valence-corrected chi connectivity index (χ2v) is 11.6. The van der Waals surface area contributed by atoms with Gasteiger partial charge in [0.1, 0.15) is 0 Å². The van der Waals surface area contributed by atoms with Crippen LogP contribution in [-0.4, -0.2) is 19.9 Å². The lowest BCUT2D eigenvalue weighted by Gasteiger charge is -2.16. The van der Waals surface area contributed by atoms with Gasteiger partial charge in [-0.1, -0.05) is 122 Å². The van der Waals surface area contributed by atoms with Crippen molar-refractivity contribution in [3.63, 3.8) is 0 Å². The highest BCUT2D eigenvalue weighted by Crippen LogP contribution is 2.39. The maximum atomic E-state index is 5.08. The summed E-state index contributed by atoms with van der Waals surface area (Å²) in [7, 11) is 0. The van der Waals surface area contributed by atoms with Crippen LogP contribution in [0.15, 0.2) is 159 Å². The van der Waals surface area contributed by atoms with Gasteiger partial charge >= 0.3 is 0 Å². The molecule has 8 aromatic rings. The summed E-state index contributed by atoms with van der Waals surface area (Å²) >= 11 is 0. The quantitative estimate of drug-likeness (QED) is 0.179. The average Bonchev–Trinajstić information content (AvgIpc) is 3.17. The van der Waals surface area contributed by atoms with E-state index in [1.54, 1.807) is 0 Å². The van der Waals surface area contributed by atoms with Crippen molar-refractivity contribution in [1.82, 2.24) is 19.9 Å². The van der Waals surface area contributed by atoms with Gasteiger partial charge < -0.3 is 0 Å². The van der Waals surface area contributed by atoms with Crippen molar-refractivity contribution in [2.45, 2.75) is 0 Å². The van der Waals surface area contributed by atoms with Gasteiger partial charge in [0.15, 0.2) is 17.5 Å².